The van der Waals surface area contributed by atoms with E-state index >= 15 is 0 Å². The molecule has 1 heterocycles. The van der Waals surface area contributed by atoms with Crippen molar-refractivity contribution in [3.05, 3.63) is 59.7 Å². The van der Waals surface area contributed by atoms with E-state index in [0.29, 0.717) is 11.1 Å². The first-order valence-corrected chi connectivity index (χ1v) is 6.04. The molecule has 3 rings (SSSR count). The highest BCUT2D eigenvalue weighted by Gasteiger charge is 2.12. The second kappa shape index (κ2) is 4.28. The Labute approximate surface area is 110 Å². The lowest BCUT2D eigenvalue weighted by molar-refractivity contribution is 0.100. The van der Waals surface area contributed by atoms with Crippen LogP contribution in [0.15, 0.2) is 52.9 Å². The van der Waals surface area contributed by atoms with Gasteiger partial charge in [-0.1, -0.05) is 42.0 Å². The van der Waals surface area contributed by atoms with Gasteiger partial charge in [0, 0.05) is 10.9 Å². The maximum Gasteiger partial charge on any atom is 0.252 e. The number of amides is 1. The summed E-state index contributed by atoms with van der Waals surface area (Å²) in [5, 5.41) is 0.881. The number of hydrogen-bond acceptors (Lipinski definition) is 2. The average molecular weight is 251 g/mol. The lowest BCUT2D eigenvalue weighted by Crippen LogP contribution is -2.10. The van der Waals surface area contributed by atoms with Gasteiger partial charge in [-0.05, 0) is 19.1 Å². The Bertz CT molecular complexity index is 754. The molecule has 0 bridgehead atoms. The van der Waals surface area contributed by atoms with E-state index in [9.17, 15) is 4.79 Å². The van der Waals surface area contributed by atoms with Crippen LogP contribution in [-0.2, 0) is 0 Å². The Morgan fingerprint density at radius 3 is 2.53 bits per heavy atom. The van der Waals surface area contributed by atoms with Crippen LogP contribution in [0.2, 0.25) is 0 Å². The quantitative estimate of drug-likeness (QED) is 0.757. The number of carbonyl (C=O) groups excluding carboxylic acids is 1. The van der Waals surface area contributed by atoms with Crippen molar-refractivity contribution < 1.29 is 9.21 Å². The predicted molar refractivity (Wildman–Crippen MR) is 74.9 cm³/mol. The smallest absolute Gasteiger partial charge is 0.252 e. The summed E-state index contributed by atoms with van der Waals surface area (Å²) in [4.78, 5) is 11.4. The van der Waals surface area contributed by atoms with Crippen molar-refractivity contribution in [2.75, 3.05) is 0 Å². The maximum absolute atomic E-state index is 11.4. The number of nitrogens with two attached hydrogens (primary N) is 1. The number of para-hydroxylation sites is 1. The number of aryl methyl sites for hydroxylation is 1. The number of hydrogen-bond donors (Lipinski definition) is 1. The van der Waals surface area contributed by atoms with E-state index in [2.05, 4.69) is 0 Å². The summed E-state index contributed by atoms with van der Waals surface area (Å²) in [6, 6.07) is 15.3. The molecular formula is C16H13NO2. The van der Waals surface area contributed by atoms with E-state index < -0.39 is 5.91 Å². The van der Waals surface area contributed by atoms with Crippen molar-refractivity contribution in [1.82, 2.24) is 0 Å². The first-order chi connectivity index (χ1) is 9.15. The molecule has 0 aliphatic carbocycles. The molecule has 0 unspecified atom stereocenters. The van der Waals surface area contributed by atoms with E-state index in [-0.39, 0.29) is 0 Å². The molecule has 0 spiro atoms. The summed E-state index contributed by atoms with van der Waals surface area (Å²) >= 11 is 0. The molecule has 0 saturated heterocycles. The molecule has 0 saturated carbocycles. The summed E-state index contributed by atoms with van der Waals surface area (Å²) in [7, 11) is 0. The van der Waals surface area contributed by atoms with Crippen molar-refractivity contribution in [3.63, 3.8) is 0 Å². The molecular weight excluding hydrogens is 238 g/mol. The third-order valence-electron chi connectivity index (χ3n) is 3.15. The SMILES string of the molecule is Cc1ccc(-c2cc3cccc(C(N)=O)c3o2)cc1. The molecule has 2 N–H and O–H groups in total. The van der Waals surface area contributed by atoms with Crippen LogP contribution in [0.1, 0.15) is 15.9 Å². The largest absolute Gasteiger partial charge is 0.455 e. The zero-order valence-electron chi connectivity index (χ0n) is 10.5. The van der Waals surface area contributed by atoms with Crippen molar-refractivity contribution in [1.29, 1.82) is 0 Å². The van der Waals surface area contributed by atoms with E-state index in [1.807, 2.05) is 43.3 Å². The first-order valence-electron chi connectivity index (χ1n) is 6.04. The fourth-order valence-corrected chi connectivity index (χ4v) is 2.12. The van der Waals surface area contributed by atoms with Gasteiger partial charge in [-0.3, -0.25) is 4.79 Å². The number of rotatable bonds is 2. The summed E-state index contributed by atoms with van der Waals surface area (Å²) in [5.41, 5.74) is 8.48. The first kappa shape index (κ1) is 11.5. The van der Waals surface area contributed by atoms with Crippen LogP contribution in [0, 0.1) is 6.92 Å². The average Bonchev–Trinajstić information content (AvgIpc) is 2.82. The number of furan rings is 1. The van der Waals surface area contributed by atoms with Crippen molar-refractivity contribution in [2.45, 2.75) is 6.92 Å². The summed E-state index contributed by atoms with van der Waals surface area (Å²) < 4.78 is 5.79. The summed E-state index contributed by atoms with van der Waals surface area (Å²) in [5.74, 6) is 0.263. The Morgan fingerprint density at radius 1 is 1.11 bits per heavy atom. The van der Waals surface area contributed by atoms with Gasteiger partial charge in [0.2, 0.25) is 0 Å². The minimum absolute atomic E-state index is 0.413. The standard InChI is InChI=1S/C16H13NO2/c1-10-5-7-11(8-6-10)14-9-12-3-2-4-13(16(17)18)15(12)19-14/h2-9H,1H3,(H2,17,18). The van der Waals surface area contributed by atoms with Crippen LogP contribution in [0.25, 0.3) is 22.3 Å². The third kappa shape index (κ3) is 1.99. The number of carbonyl (C=O) groups is 1. The van der Waals surface area contributed by atoms with Gasteiger partial charge in [0.1, 0.15) is 11.3 Å². The molecule has 0 fully saturated rings. The maximum atomic E-state index is 11.4. The monoisotopic (exact) mass is 251 g/mol. The van der Waals surface area contributed by atoms with Gasteiger partial charge in [0.15, 0.2) is 0 Å². The molecule has 0 aliphatic rings. The highest BCUT2D eigenvalue weighted by atomic mass is 16.3. The topological polar surface area (TPSA) is 56.2 Å². The predicted octanol–water partition coefficient (Wildman–Crippen LogP) is 3.51. The molecule has 3 nitrogen and oxygen atoms in total. The van der Waals surface area contributed by atoms with Gasteiger partial charge in [-0.25, -0.2) is 0 Å². The van der Waals surface area contributed by atoms with Crippen molar-refractivity contribution in [3.8, 4) is 11.3 Å². The Morgan fingerprint density at radius 2 is 1.84 bits per heavy atom. The van der Waals surface area contributed by atoms with Crippen molar-refractivity contribution in [2.24, 2.45) is 5.73 Å². The van der Waals surface area contributed by atoms with Crippen LogP contribution >= 0.6 is 0 Å². The van der Waals surface area contributed by atoms with Crippen LogP contribution in [0.5, 0.6) is 0 Å². The summed E-state index contributed by atoms with van der Waals surface area (Å²) in [6.45, 7) is 2.04. The van der Waals surface area contributed by atoms with Gasteiger partial charge in [0.25, 0.3) is 5.91 Å². The fourth-order valence-electron chi connectivity index (χ4n) is 2.12. The lowest BCUT2D eigenvalue weighted by atomic mass is 10.1. The second-order valence-electron chi connectivity index (χ2n) is 4.56. The molecule has 3 aromatic rings. The van der Waals surface area contributed by atoms with E-state index in [1.165, 1.54) is 5.56 Å². The Kier molecular flexibility index (Phi) is 2.60. The van der Waals surface area contributed by atoms with Crippen molar-refractivity contribution >= 4 is 16.9 Å². The third-order valence-corrected chi connectivity index (χ3v) is 3.15. The Balaban J connectivity index is 2.19. The molecule has 94 valence electrons. The molecule has 0 radical (unpaired) electrons. The zero-order chi connectivity index (χ0) is 13.4. The van der Waals surface area contributed by atoms with Gasteiger partial charge in [0.05, 0.1) is 5.56 Å². The minimum atomic E-state index is -0.476. The normalized spacial score (nSPS) is 10.8. The number of primary amides is 1. The zero-order valence-corrected chi connectivity index (χ0v) is 10.5. The number of benzene rings is 2. The van der Waals surface area contributed by atoms with Crippen LogP contribution in [0.3, 0.4) is 0 Å². The number of fused-ring (bicyclic) bond motifs is 1. The van der Waals surface area contributed by atoms with Gasteiger partial charge < -0.3 is 10.2 Å². The molecule has 19 heavy (non-hydrogen) atoms. The van der Waals surface area contributed by atoms with E-state index in [4.69, 9.17) is 10.2 Å². The fraction of sp³-hybridized carbons (Fsp3) is 0.0625. The molecule has 0 aliphatic heterocycles. The van der Waals surface area contributed by atoms with Gasteiger partial charge >= 0.3 is 0 Å². The Hall–Kier alpha value is -2.55. The van der Waals surface area contributed by atoms with Gasteiger partial charge in [-0.15, -0.1) is 0 Å². The highest BCUT2D eigenvalue weighted by molar-refractivity contribution is 6.04. The minimum Gasteiger partial charge on any atom is -0.455 e. The van der Waals surface area contributed by atoms with Crippen LogP contribution < -0.4 is 5.73 Å². The summed E-state index contributed by atoms with van der Waals surface area (Å²) in [6.07, 6.45) is 0. The molecule has 0 atom stereocenters. The molecule has 1 amide bonds. The van der Waals surface area contributed by atoms with Crippen LogP contribution in [0.4, 0.5) is 0 Å². The van der Waals surface area contributed by atoms with Crippen LogP contribution in [-0.4, -0.2) is 5.91 Å². The van der Waals surface area contributed by atoms with E-state index in [1.54, 1.807) is 12.1 Å². The molecule has 2 aromatic carbocycles. The lowest BCUT2D eigenvalue weighted by Gasteiger charge is -1.98. The van der Waals surface area contributed by atoms with E-state index in [0.717, 1.165) is 16.7 Å². The molecule has 3 heteroatoms. The van der Waals surface area contributed by atoms with Gasteiger partial charge in [-0.2, -0.15) is 0 Å². The second-order valence-corrected chi connectivity index (χ2v) is 4.56. The molecule has 1 aromatic heterocycles. The highest BCUT2D eigenvalue weighted by Crippen LogP contribution is 2.29.